The second kappa shape index (κ2) is 7.24. The Morgan fingerprint density at radius 1 is 0.964 bits per heavy atom. The molecule has 4 aliphatic carbocycles. The lowest BCUT2D eigenvalue weighted by Crippen LogP contribution is -2.58. The number of nitrogens with one attached hydrogen (secondary N) is 1. The average molecular weight is 410 g/mol. The van der Waals surface area contributed by atoms with Crippen LogP contribution in [0.3, 0.4) is 0 Å². The number of likely N-dealkylation sites (tertiary alicyclic amines) is 1. The van der Waals surface area contributed by atoms with Gasteiger partial charge in [0.05, 0.1) is 12.3 Å². The van der Waals surface area contributed by atoms with Crippen molar-refractivity contribution in [1.82, 2.24) is 14.5 Å². The number of carbonyl (C=O) groups is 1. The van der Waals surface area contributed by atoms with Crippen LogP contribution in [0.1, 0.15) is 57.8 Å². The number of hydrogen-bond donors (Lipinski definition) is 1. The van der Waals surface area contributed by atoms with E-state index in [1.807, 2.05) is 0 Å². The molecule has 6 rings (SSSR count). The van der Waals surface area contributed by atoms with E-state index in [1.54, 1.807) is 4.31 Å². The Hall–Kier alpha value is -0.660. The molecule has 2 heterocycles. The molecule has 0 radical (unpaired) electrons. The molecular weight excluding hydrogens is 374 g/mol. The summed E-state index contributed by atoms with van der Waals surface area (Å²) >= 11 is 0. The van der Waals surface area contributed by atoms with Crippen LogP contribution in [0, 0.1) is 23.7 Å². The van der Waals surface area contributed by atoms with Gasteiger partial charge in [-0.25, -0.2) is 8.42 Å². The van der Waals surface area contributed by atoms with Crippen molar-refractivity contribution in [2.45, 2.75) is 75.9 Å². The van der Waals surface area contributed by atoms with Gasteiger partial charge in [0.2, 0.25) is 15.9 Å². The summed E-state index contributed by atoms with van der Waals surface area (Å²) in [6, 6.07) is 0.352. The van der Waals surface area contributed by atoms with Gasteiger partial charge in [-0.15, -0.1) is 0 Å². The second-order valence-electron chi connectivity index (χ2n) is 10.3. The van der Waals surface area contributed by atoms with E-state index >= 15 is 0 Å². The standard InChI is InChI=1S/C21H35N3O3S/c1-28(26,27)24-7-2-4-18(24)13-23-6-3-5-19(23)21(25)22-20-16-9-14-8-15(11-16)12-17(20)10-14/h14-20H,2-13H2,1H3,(H,22,25)/t14?,15?,16?,17?,18-,19-,20?/m1/s1. The summed E-state index contributed by atoms with van der Waals surface area (Å²) in [5, 5.41) is 3.49. The van der Waals surface area contributed by atoms with Gasteiger partial charge in [0.1, 0.15) is 0 Å². The fourth-order valence-electron chi connectivity index (χ4n) is 7.46. The zero-order valence-electron chi connectivity index (χ0n) is 17.1. The Bertz CT molecular complexity index is 696. The van der Waals surface area contributed by atoms with Crippen LogP contribution < -0.4 is 5.32 Å². The quantitative estimate of drug-likeness (QED) is 0.752. The molecule has 6 aliphatic rings. The SMILES string of the molecule is CS(=O)(=O)N1CCC[C@@H]1CN1CCC[C@@H]1C(=O)NC1C2CC3CC(C2)CC1C3. The van der Waals surface area contributed by atoms with Crippen molar-refractivity contribution in [3.63, 3.8) is 0 Å². The van der Waals surface area contributed by atoms with E-state index in [1.165, 1.54) is 38.4 Å². The molecule has 1 N–H and O–H groups in total. The van der Waals surface area contributed by atoms with Crippen LogP contribution in [0.2, 0.25) is 0 Å². The Kier molecular flexibility index (Phi) is 4.99. The third kappa shape index (κ3) is 3.52. The molecule has 0 unspecified atom stereocenters. The van der Waals surface area contributed by atoms with Gasteiger partial charge in [-0.2, -0.15) is 4.31 Å². The number of nitrogens with zero attached hydrogens (tertiary/aromatic N) is 2. The third-order valence-corrected chi connectivity index (χ3v) is 9.73. The highest BCUT2D eigenvalue weighted by atomic mass is 32.2. The first-order valence-corrected chi connectivity index (χ1v) is 13.2. The molecular formula is C21H35N3O3S. The molecule has 2 saturated heterocycles. The fourth-order valence-corrected chi connectivity index (χ4v) is 8.64. The summed E-state index contributed by atoms with van der Waals surface area (Å²) in [5.41, 5.74) is 0. The smallest absolute Gasteiger partial charge is 0.237 e. The molecule has 1 amide bonds. The number of sulfonamides is 1. The molecule has 6 nitrogen and oxygen atoms in total. The van der Waals surface area contributed by atoms with Crippen LogP contribution in [0.4, 0.5) is 0 Å². The van der Waals surface area contributed by atoms with E-state index in [0.717, 1.165) is 44.1 Å². The largest absolute Gasteiger partial charge is 0.351 e. The molecule has 0 aromatic rings. The van der Waals surface area contributed by atoms with E-state index in [0.29, 0.717) is 31.0 Å². The van der Waals surface area contributed by atoms with E-state index in [2.05, 4.69) is 10.2 Å². The van der Waals surface area contributed by atoms with Gasteiger partial charge >= 0.3 is 0 Å². The second-order valence-corrected chi connectivity index (χ2v) is 12.2. The van der Waals surface area contributed by atoms with Crippen molar-refractivity contribution >= 4 is 15.9 Å². The molecule has 2 aliphatic heterocycles. The lowest BCUT2D eigenvalue weighted by atomic mass is 9.54. The summed E-state index contributed by atoms with van der Waals surface area (Å²) in [4.78, 5) is 15.5. The van der Waals surface area contributed by atoms with Crippen LogP contribution in [-0.2, 0) is 14.8 Å². The Morgan fingerprint density at radius 2 is 1.61 bits per heavy atom. The number of carbonyl (C=O) groups excluding carboxylic acids is 1. The van der Waals surface area contributed by atoms with Gasteiger partial charge in [0.25, 0.3) is 0 Å². The minimum absolute atomic E-state index is 0.0320. The van der Waals surface area contributed by atoms with Crippen LogP contribution in [-0.4, -0.2) is 67.5 Å². The molecule has 0 aromatic heterocycles. The fraction of sp³-hybridized carbons (Fsp3) is 0.952. The molecule has 158 valence electrons. The van der Waals surface area contributed by atoms with Crippen LogP contribution >= 0.6 is 0 Å². The molecule has 28 heavy (non-hydrogen) atoms. The Balaban J connectivity index is 1.22. The van der Waals surface area contributed by atoms with Gasteiger partial charge in [-0.3, -0.25) is 9.69 Å². The minimum Gasteiger partial charge on any atom is -0.351 e. The van der Waals surface area contributed by atoms with Crippen molar-refractivity contribution in [2.24, 2.45) is 23.7 Å². The predicted octanol–water partition coefficient (Wildman–Crippen LogP) is 1.82. The van der Waals surface area contributed by atoms with Gasteiger partial charge in [0.15, 0.2) is 0 Å². The zero-order valence-corrected chi connectivity index (χ0v) is 17.9. The van der Waals surface area contributed by atoms with E-state index in [-0.39, 0.29) is 18.0 Å². The summed E-state index contributed by atoms with van der Waals surface area (Å²) in [6.07, 6.45) is 11.8. The minimum atomic E-state index is -3.16. The number of amides is 1. The van der Waals surface area contributed by atoms with E-state index < -0.39 is 10.0 Å². The van der Waals surface area contributed by atoms with Crippen LogP contribution in [0.15, 0.2) is 0 Å². The highest BCUT2D eigenvalue weighted by Crippen LogP contribution is 2.53. The Labute approximate surface area is 169 Å². The van der Waals surface area contributed by atoms with Crippen LogP contribution in [0.25, 0.3) is 0 Å². The predicted molar refractivity (Wildman–Crippen MR) is 108 cm³/mol. The first kappa shape index (κ1) is 19.3. The van der Waals surface area contributed by atoms with Crippen molar-refractivity contribution in [3.8, 4) is 0 Å². The maximum Gasteiger partial charge on any atom is 0.237 e. The highest BCUT2D eigenvalue weighted by Gasteiger charge is 2.49. The molecule has 2 atom stereocenters. The van der Waals surface area contributed by atoms with E-state index in [9.17, 15) is 13.2 Å². The molecule has 7 heteroatoms. The molecule has 4 saturated carbocycles. The topological polar surface area (TPSA) is 69.7 Å². The Morgan fingerprint density at radius 3 is 2.25 bits per heavy atom. The van der Waals surface area contributed by atoms with Gasteiger partial charge in [-0.1, -0.05) is 0 Å². The molecule has 0 spiro atoms. The maximum atomic E-state index is 13.2. The summed E-state index contributed by atoms with van der Waals surface area (Å²) in [6.45, 7) is 2.24. The average Bonchev–Trinajstić information content (AvgIpc) is 3.27. The first-order valence-electron chi connectivity index (χ1n) is 11.4. The highest BCUT2D eigenvalue weighted by molar-refractivity contribution is 7.88. The monoisotopic (exact) mass is 409 g/mol. The zero-order chi connectivity index (χ0) is 19.5. The van der Waals surface area contributed by atoms with Crippen LogP contribution in [0.5, 0.6) is 0 Å². The van der Waals surface area contributed by atoms with Gasteiger partial charge < -0.3 is 5.32 Å². The summed E-state index contributed by atoms with van der Waals surface area (Å²) in [7, 11) is -3.16. The third-order valence-electron chi connectivity index (χ3n) is 8.40. The molecule has 6 fully saturated rings. The van der Waals surface area contributed by atoms with Crippen molar-refractivity contribution < 1.29 is 13.2 Å². The molecule has 0 aromatic carbocycles. The first-order chi connectivity index (χ1) is 13.4. The van der Waals surface area contributed by atoms with Gasteiger partial charge in [0, 0.05) is 25.2 Å². The maximum absolute atomic E-state index is 13.2. The lowest BCUT2D eigenvalue weighted by molar-refractivity contribution is -0.129. The van der Waals surface area contributed by atoms with Crippen molar-refractivity contribution in [3.05, 3.63) is 0 Å². The van der Waals surface area contributed by atoms with Crippen molar-refractivity contribution in [2.75, 3.05) is 25.9 Å². The van der Waals surface area contributed by atoms with Gasteiger partial charge in [-0.05, 0) is 88.0 Å². The molecule has 4 bridgehead atoms. The normalized spacial score (nSPS) is 43.7. The summed E-state index contributed by atoms with van der Waals surface area (Å²) in [5.74, 6) is 3.45. The lowest BCUT2D eigenvalue weighted by Gasteiger charge is -2.54. The van der Waals surface area contributed by atoms with Crippen molar-refractivity contribution in [1.29, 1.82) is 0 Å². The number of hydrogen-bond acceptors (Lipinski definition) is 4. The number of rotatable bonds is 5. The van der Waals surface area contributed by atoms with E-state index in [4.69, 9.17) is 0 Å². The summed E-state index contributed by atoms with van der Waals surface area (Å²) < 4.78 is 25.8.